The van der Waals surface area contributed by atoms with Crippen LogP contribution in [0.1, 0.15) is 42.4 Å². The van der Waals surface area contributed by atoms with E-state index in [1.54, 1.807) is 6.20 Å². The highest BCUT2D eigenvalue weighted by Crippen LogP contribution is 2.44. The lowest BCUT2D eigenvalue weighted by Crippen LogP contribution is -2.42. The lowest BCUT2D eigenvalue weighted by molar-refractivity contribution is -0.139. The molecule has 0 saturated heterocycles. The Morgan fingerprint density at radius 2 is 1.73 bits per heavy atom. The van der Waals surface area contributed by atoms with Crippen LogP contribution in [0.5, 0.6) is 5.75 Å². The van der Waals surface area contributed by atoms with Crippen molar-refractivity contribution in [2.24, 2.45) is 0 Å². The van der Waals surface area contributed by atoms with Gasteiger partial charge in [0.2, 0.25) is 0 Å². The van der Waals surface area contributed by atoms with Crippen LogP contribution in [0, 0.1) is 0 Å². The van der Waals surface area contributed by atoms with Gasteiger partial charge in [0.25, 0.3) is 0 Å². The van der Waals surface area contributed by atoms with E-state index >= 15 is 0 Å². The van der Waals surface area contributed by atoms with Crippen LogP contribution < -0.4 is 10.1 Å². The summed E-state index contributed by atoms with van der Waals surface area (Å²) in [5, 5.41) is 13.2. The summed E-state index contributed by atoms with van der Waals surface area (Å²) < 4.78 is 11.4. The van der Waals surface area contributed by atoms with Crippen molar-refractivity contribution in [1.82, 2.24) is 10.3 Å². The number of unbranched alkanes of at least 4 members (excludes halogenated alkanes) is 1. The molecule has 0 saturated carbocycles. The molecule has 37 heavy (non-hydrogen) atoms. The van der Waals surface area contributed by atoms with Crippen LogP contribution in [0.4, 0.5) is 4.79 Å². The molecule has 1 atom stereocenters. The fourth-order valence-corrected chi connectivity index (χ4v) is 4.95. The van der Waals surface area contributed by atoms with Gasteiger partial charge in [-0.1, -0.05) is 61.9 Å². The molecule has 0 bridgehead atoms. The molecule has 0 aliphatic heterocycles. The van der Waals surface area contributed by atoms with Gasteiger partial charge in [-0.3, -0.25) is 0 Å². The molecule has 1 aromatic heterocycles. The Morgan fingerprint density at radius 1 is 1.03 bits per heavy atom. The standard InChI is InChI=1S/C30H30N2O5/c1-2-3-14-36-20-12-13-27-25(16-20)19(17-31-27)15-28(29(33)34)32-30(35)37-18-26-23-10-6-4-8-21(23)22-9-5-7-11-24(22)26/h4-13,16-17,26,28,31H,2-3,14-15,18H2,1H3,(H,32,35)(H,33,34). The summed E-state index contributed by atoms with van der Waals surface area (Å²) in [4.78, 5) is 27.9. The fraction of sp³-hybridized carbons (Fsp3) is 0.267. The third-order valence-electron chi connectivity index (χ3n) is 6.86. The highest BCUT2D eigenvalue weighted by atomic mass is 16.5. The Morgan fingerprint density at radius 3 is 2.41 bits per heavy atom. The van der Waals surface area contributed by atoms with Crippen LogP contribution in [0.3, 0.4) is 0 Å². The zero-order valence-corrected chi connectivity index (χ0v) is 20.7. The monoisotopic (exact) mass is 498 g/mol. The van der Waals surface area contributed by atoms with Crippen LogP contribution in [0.15, 0.2) is 72.9 Å². The highest BCUT2D eigenvalue weighted by molar-refractivity contribution is 5.86. The molecule has 1 aliphatic rings. The topological polar surface area (TPSA) is 101 Å². The number of H-pyrrole nitrogens is 1. The number of fused-ring (bicyclic) bond motifs is 4. The molecule has 1 unspecified atom stereocenters. The second-order valence-electron chi connectivity index (χ2n) is 9.29. The first-order valence-corrected chi connectivity index (χ1v) is 12.6. The van der Waals surface area contributed by atoms with Crippen molar-refractivity contribution in [1.29, 1.82) is 0 Å². The Hall–Kier alpha value is -4.26. The van der Waals surface area contributed by atoms with Crippen LogP contribution in [0.2, 0.25) is 0 Å². The maximum atomic E-state index is 12.7. The van der Waals surface area contributed by atoms with Gasteiger partial charge in [-0.25, -0.2) is 9.59 Å². The van der Waals surface area contributed by atoms with Crippen molar-refractivity contribution in [3.63, 3.8) is 0 Å². The van der Waals surface area contributed by atoms with Crippen LogP contribution >= 0.6 is 0 Å². The maximum Gasteiger partial charge on any atom is 0.407 e. The molecule has 7 heteroatoms. The van der Waals surface area contributed by atoms with Crippen molar-refractivity contribution in [3.8, 4) is 16.9 Å². The molecule has 1 amide bonds. The first-order valence-electron chi connectivity index (χ1n) is 12.6. The Balaban J connectivity index is 1.26. The molecule has 0 radical (unpaired) electrons. The number of nitrogens with one attached hydrogen (secondary N) is 2. The van der Waals surface area contributed by atoms with E-state index in [0.29, 0.717) is 6.61 Å². The lowest BCUT2D eigenvalue weighted by Gasteiger charge is -2.17. The first-order chi connectivity index (χ1) is 18.0. The molecule has 7 nitrogen and oxygen atoms in total. The molecule has 0 spiro atoms. The average molecular weight is 499 g/mol. The minimum Gasteiger partial charge on any atom is -0.494 e. The van der Waals surface area contributed by atoms with E-state index in [4.69, 9.17) is 9.47 Å². The van der Waals surface area contributed by atoms with E-state index in [1.165, 1.54) is 0 Å². The molecule has 4 aromatic rings. The molecular weight excluding hydrogens is 468 g/mol. The predicted molar refractivity (Wildman–Crippen MR) is 142 cm³/mol. The number of aromatic amines is 1. The van der Waals surface area contributed by atoms with Gasteiger partial charge < -0.3 is 24.9 Å². The lowest BCUT2D eigenvalue weighted by atomic mass is 9.98. The number of amides is 1. The summed E-state index contributed by atoms with van der Waals surface area (Å²) in [7, 11) is 0. The van der Waals surface area contributed by atoms with Gasteiger partial charge in [-0.15, -0.1) is 0 Å². The maximum absolute atomic E-state index is 12.7. The summed E-state index contributed by atoms with van der Waals surface area (Å²) in [6, 6.07) is 20.7. The van der Waals surface area contributed by atoms with Crippen molar-refractivity contribution in [3.05, 3.63) is 89.6 Å². The Labute approximate surface area is 215 Å². The van der Waals surface area contributed by atoms with Crippen molar-refractivity contribution >= 4 is 23.0 Å². The summed E-state index contributed by atoms with van der Waals surface area (Å²) in [5.74, 6) is -0.488. The summed E-state index contributed by atoms with van der Waals surface area (Å²) >= 11 is 0. The fourth-order valence-electron chi connectivity index (χ4n) is 4.95. The smallest absolute Gasteiger partial charge is 0.407 e. The summed E-state index contributed by atoms with van der Waals surface area (Å²) in [6.45, 7) is 2.85. The van der Waals surface area contributed by atoms with Gasteiger partial charge in [0.1, 0.15) is 18.4 Å². The molecular formula is C30H30N2O5. The average Bonchev–Trinajstić information content (AvgIpc) is 3.45. The zero-order chi connectivity index (χ0) is 25.8. The summed E-state index contributed by atoms with van der Waals surface area (Å²) in [6.07, 6.45) is 3.13. The molecule has 3 aromatic carbocycles. The van der Waals surface area contributed by atoms with E-state index in [1.807, 2.05) is 54.6 Å². The molecule has 0 fully saturated rings. The minimum atomic E-state index is -1.14. The Bertz CT molecular complexity index is 1380. The van der Waals surface area contributed by atoms with E-state index in [9.17, 15) is 14.7 Å². The minimum absolute atomic E-state index is 0.0961. The third-order valence-corrected chi connectivity index (χ3v) is 6.86. The van der Waals surface area contributed by atoms with Crippen molar-refractivity contribution < 1.29 is 24.2 Å². The van der Waals surface area contributed by atoms with Crippen LogP contribution in [-0.2, 0) is 16.0 Å². The molecule has 1 aliphatic carbocycles. The van der Waals surface area contributed by atoms with Crippen LogP contribution in [0.25, 0.3) is 22.0 Å². The third kappa shape index (κ3) is 5.16. The predicted octanol–water partition coefficient (Wildman–Crippen LogP) is 5.88. The normalized spacial score (nSPS) is 13.1. The number of ether oxygens (including phenoxy) is 2. The van der Waals surface area contributed by atoms with Gasteiger partial charge >= 0.3 is 12.1 Å². The number of benzene rings is 3. The van der Waals surface area contributed by atoms with Gasteiger partial charge in [0, 0.05) is 29.4 Å². The number of rotatable bonds is 10. The molecule has 1 heterocycles. The van der Waals surface area contributed by atoms with Crippen molar-refractivity contribution in [2.45, 2.75) is 38.1 Å². The number of aliphatic carboxylic acids is 1. The molecule has 5 rings (SSSR count). The molecule has 190 valence electrons. The number of aromatic nitrogens is 1. The first kappa shape index (κ1) is 24.4. The molecule has 3 N–H and O–H groups in total. The number of carboxylic acids is 1. The number of carbonyl (C=O) groups is 2. The number of carboxylic acid groups (broad SMARTS) is 1. The zero-order valence-electron chi connectivity index (χ0n) is 20.7. The van der Waals surface area contributed by atoms with Gasteiger partial charge in [0.05, 0.1) is 6.61 Å². The largest absolute Gasteiger partial charge is 0.494 e. The van der Waals surface area contributed by atoms with Gasteiger partial charge in [0.15, 0.2) is 0 Å². The number of hydrogen-bond acceptors (Lipinski definition) is 4. The quantitative estimate of drug-likeness (QED) is 0.237. The SMILES string of the molecule is CCCCOc1ccc2[nH]cc(CC(NC(=O)OCC3c4ccccc4-c4ccccc43)C(=O)O)c2c1. The highest BCUT2D eigenvalue weighted by Gasteiger charge is 2.30. The van der Waals surface area contributed by atoms with E-state index in [0.717, 1.165) is 57.3 Å². The number of carbonyl (C=O) groups excluding carboxylic acids is 1. The second kappa shape index (κ2) is 10.8. The number of hydrogen-bond donors (Lipinski definition) is 3. The van der Waals surface area contributed by atoms with E-state index < -0.39 is 18.1 Å². The van der Waals surface area contributed by atoms with Gasteiger partial charge in [-0.05, 0) is 52.4 Å². The summed E-state index contributed by atoms with van der Waals surface area (Å²) in [5.41, 5.74) is 6.12. The van der Waals surface area contributed by atoms with E-state index in [2.05, 4.69) is 29.4 Å². The van der Waals surface area contributed by atoms with Crippen molar-refractivity contribution in [2.75, 3.05) is 13.2 Å². The van der Waals surface area contributed by atoms with Gasteiger partial charge in [-0.2, -0.15) is 0 Å². The van der Waals surface area contributed by atoms with E-state index in [-0.39, 0.29) is 18.9 Å². The Kier molecular flexibility index (Phi) is 7.12. The van der Waals surface area contributed by atoms with Crippen LogP contribution in [-0.4, -0.2) is 41.4 Å². The second-order valence-corrected chi connectivity index (χ2v) is 9.29. The number of alkyl carbamates (subject to hydrolysis) is 1.